The summed E-state index contributed by atoms with van der Waals surface area (Å²) in [6.07, 6.45) is 3.31. The maximum atomic E-state index is 8.86. The van der Waals surface area contributed by atoms with Crippen molar-refractivity contribution in [3.63, 3.8) is 0 Å². The first-order valence-corrected chi connectivity index (χ1v) is 5.76. The Morgan fingerprint density at radius 3 is 3.07 bits per heavy atom. The van der Waals surface area contributed by atoms with Gasteiger partial charge >= 0.3 is 0 Å². The Morgan fingerprint density at radius 1 is 1.40 bits per heavy atom. The van der Waals surface area contributed by atoms with Gasteiger partial charge in [-0.2, -0.15) is 0 Å². The van der Waals surface area contributed by atoms with Crippen LogP contribution in [0.4, 0.5) is 5.69 Å². The molecule has 1 N–H and O–H groups in total. The molecule has 15 heavy (non-hydrogen) atoms. The van der Waals surface area contributed by atoms with Crippen molar-refractivity contribution in [2.45, 2.75) is 26.2 Å². The quantitative estimate of drug-likeness (QED) is 0.817. The molecule has 0 saturated heterocycles. The zero-order chi connectivity index (χ0) is 10.7. The molecule has 1 heterocycles. The highest BCUT2D eigenvalue weighted by molar-refractivity contribution is 5.56. The molecule has 0 aromatic heterocycles. The van der Waals surface area contributed by atoms with Crippen molar-refractivity contribution >= 4 is 5.69 Å². The molecule has 0 amide bonds. The number of benzene rings is 1. The first-order valence-electron chi connectivity index (χ1n) is 5.76. The number of nitrogens with zero attached hydrogens (tertiary/aromatic N) is 1. The summed E-state index contributed by atoms with van der Waals surface area (Å²) in [5.41, 5.74) is 4.19. The van der Waals surface area contributed by atoms with Gasteiger partial charge < -0.3 is 10.0 Å². The molecule has 0 saturated carbocycles. The van der Waals surface area contributed by atoms with Crippen LogP contribution in [-0.4, -0.2) is 24.8 Å². The van der Waals surface area contributed by atoms with E-state index in [1.54, 1.807) is 0 Å². The number of fused-ring (bicyclic) bond motifs is 1. The molecular formula is C13H19NO. The zero-order valence-corrected chi connectivity index (χ0v) is 9.37. The van der Waals surface area contributed by atoms with Crippen molar-refractivity contribution in [1.29, 1.82) is 0 Å². The van der Waals surface area contributed by atoms with E-state index >= 15 is 0 Å². The summed E-state index contributed by atoms with van der Waals surface area (Å²) in [7, 11) is 0. The lowest BCUT2D eigenvalue weighted by Gasteiger charge is -2.31. The Kier molecular flexibility index (Phi) is 3.27. The average Bonchev–Trinajstić information content (AvgIpc) is 2.25. The molecule has 2 nitrogen and oxygen atoms in total. The van der Waals surface area contributed by atoms with Gasteiger partial charge in [-0.25, -0.2) is 0 Å². The monoisotopic (exact) mass is 205 g/mol. The fraction of sp³-hybridized carbons (Fsp3) is 0.538. The third-order valence-corrected chi connectivity index (χ3v) is 3.04. The Labute approximate surface area is 91.5 Å². The minimum Gasteiger partial charge on any atom is -0.396 e. The first kappa shape index (κ1) is 10.5. The van der Waals surface area contributed by atoms with Crippen molar-refractivity contribution in [3.05, 3.63) is 29.3 Å². The maximum Gasteiger partial charge on any atom is 0.0447 e. The largest absolute Gasteiger partial charge is 0.396 e. The van der Waals surface area contributed by atoms with Crippen molar-refractivity contribution in [3.8, 4) is 0 Å². The van der Waals surface area contributed by atoms with Crippen LogP contribution in [0.1, 0.15) is 24.0 Å². The molecule has 82 valence electrons. The number of hydrogen-bond acceptors (Lipinski definition) is 2. The van der Waals surface area contributed by atoms with E-state index in [9.17, 15) is 0 Å². The highest BCUT2D eigenvalue weighted by Gasteiger charge is 2.15. The van der Waals surface area contributed by atoms with E-state index in [0.717, 1.165) is 19.5 Å². The van der Waals surface area contributed by atoms with Crippen LogP contribution in [0, 0.1) is 6.92 Å². The first-order chi connectivity index (χ1) is 7.31. The predicted molar refractivity (Wildman–Crippen MR) is 63.4 cm³/mol. The molecule has 1 aromatic rings. The standard InChI is InChI=1S/C13H19NO/c1-11-5-6-13-12(10-11)4-2-7-14(13)8-3-9-15/h5-6,10,15H,2-4,7-9H2,1H3. The molecule has 0 fully saturated rings. The molecule has 1 aromatic carbocycles. The lowest BCUT2D eigenvalue weighted by molar-refractivity contribution is 0.289. The summed E-state index contributed by atoms with van der Waals surface area (Å²) in [5.74, 6) is 0. The van der Waals surface area contributed by atoms with Crippen LogP contribution in [0.15, 0.2) is 18.2 Å². The van der Waals surface area contributed by atoms with Gasteiger partial charge in [-0.05, 0) is 37.8 Å². The minimum atomic E-state index is 0.289. The van der Waals surface area contributed by atoms with Gasteiger partial charge in [0.25, 0.3) is 0 Å². The Balaban J connectivity index is 2.18. The number of hydrogen-bond donors (Lipinski definition) is 1. The molecule has 0 atom stereocenters. The second kappa shape index (κ2) is 4.67. The van der Waals surface area contributed by atoms with Crippen LogP contribution in [0.2, 0.25) is 0 Å². The van der Waals surface area contributed by atoms with Crippen LogP contribution in [0.25, 0.3) is 0 Å². The van der Waals surface area contributed by atoms with Crippen LogP contribution in [0.5, 0.6) is 0 Å². The second-order valence-corrected chi connectivity index (χ2v) is 4.30. The van der Waals surface area contributed by atoms with Gasteiger partial charge in [0.05, 0.1) is 0 Å². The lowest BCUT2D eigenvalue weighted by atomic mass is 9.99. The summed E-state index contributed by atoms with van der Waals surface area (Å²) in [6.45, 7) is 4.55. The summed E-state index contributed by atoms with van der Waals surface area (Å²) < 4.78 is 0. The van der Waals surface area contributed by atoms with E-state index in [2.05, 4.69) is 30.0 Å². The Bertz CT molecular complexity index is 335. The molecule has 0 radical (unpaired) electrons. The molecule has 0 unspecified atom stereocenters. The van der Waals surface area contributed by atoms with Gasteiger partial charge in [-0.3, -0.25) is 0 Å². The molecule has 0 bridgehead atoms. The zero-order valence-electron chi connectivity index (χ0n) is 9.37. The summed E-state index contributed by atoms with van der Waals surface area (Å²) >= 11 is 0. The number of rotatable bonds is 3. The van der Waals surface area contributed by atoms with E-state index in [1.165, 1.54) is 29.7 Å². The fourth-order valence-electron chi connectivity index (χ4n) is 2.30. The van der Waals surface area contributed by atoms with Gasteiger partial charge in [-0.15, -0.1) is 0 Å². The van der Waals surface area contributed by atoms with Crippen molar-refractivity contribution in [1.82, 2.24) is 0 Å². The van der Waals surface area contributed by atoms with E-state index in [0.29, 0.717) is 0 Å². The number of aryl methyl sites for hydroxylation is 2. The van der Waals surface area contributed by atoms with Crippen LogP contribution >= 0.6 is 0 Å². The normalized spacial score (nSPS) is 15.2. The van der Waals surface area contributed by atoms with Gasteiger partial charge in [0.1, 0.15) is 0 Å². The fourth-order valence-corrected chi connectivity index (χ4v) is 2.30. The van der Waals surface area contributed by atoms with E-state index in [4.69, 9.17) is 5.11 Å². The van der Waals surface area contributed by atoms with Crippen molar-refractivity contribution < 1.29 is 5.11 Å². The highest BCUT2D eigenvalue weighted by atomic mass is 16.3. The maximum absolute atomic E-state index is 8.86. The Morgan fingerprint density at radius 2 is 2.27 bits per heavy atom. The molecule has 1 aliphatic heterocycles. The molecule has 1 aliphatic rings. The third kappa shape index (κ3) is 2.32. The molecule has 0 spiro atoms. The highest BCUT2D eigenvalue weighted by Crippen LogP contribution is 2.27. The Hall–Kier alpha value is -1.02. The lowest BCUT2D eigenvalue weighted by Crippen LogP contribution is -2.30. The summed E-state index contributed by atoms with van der Waals surface area (Å²) in [6, 6.07) is 6.69. The SMILES string of the molecule is Cc1ccc2c(c1)CCCN2CCCO. The third-order valence-electron chi connectivity index (χ3n) is 3.04. The van der Waals surface area contributed by atoms with Gasteiger partial charge in [0.2, 0.25) is 0 Å². The number of anilines is 1. The van der Waals surface area contributed by atoms with Crippen LogP contribution < -0.4 is 4.90 Å². The van der Waals surface area contributed by atoms with E-state index in [-0.39, 0.29) is 6.61 Å². The van der Waals surface area contributed by atoms with E-state index in [1.807, 2.05) is 0 Å². The summed E-state index contributed by atoms with van der Waals surface area (Å²) in [5, 5.41) is 8.86. The summed E-state index contributed by atoms with van der Waals surface area (Å²) in [4.78, 5) is 2.40. The van der Waals surface area contributed by atoms with Crippen molar-refractivity contribution in [2.24, 2.45) is 0 Å². The molecule has 0 aliphatic carbocycles. The van der Waals surface area contributed by atoms with Gasteiger partial charge in [0.15, 0.2) is 0 Å². The smallest absolute Gasteiger partial charge is 0.0447 e. The predicted octanol–water partition coefficient (Wildman–Crippen LogP) is 2.13. The van der Waals surface area contributed by atoms with Gasteiger partial charge in [-0.1, -0.05) is 17.7 Å². The average molecular weight is 205 g/mol. The molecular weight excluding hydrogens is 186 g/mol. The van der Waals surface area contributed by atoms with Crippen molar-refractivity contribution in [2.75, 3.05) is 24.6 Å². The van der Waals surface area contributed by atoms with Crippen LogP contribution in [-0.2, 0) is 6.42 Å². The van der Waals surface area contributed by atoms with Gasteiger partial charge in [0, 0.05) is 25.4 Å². The number of aliphatic hydroxyl groups is 1. The van der Waals surface area contributed by atoms with Crippen LogP contribution in [0.3, 0.4) is 0 Å². The van der Waals surface area contributed by atoms with E-state index < -0.39 is 0 Å². The second-order valence-electron chi connectivity index (χ2n) is 4.30. The minimum absolute atomic E-state index is 0.289. The number of aliphatic hydroxyl groups excluding tert-OH is 1. The topological polar surface area (TPSA) is 23.5 Å². The molecule has 2 rings (SSSR count). The molecule has 2 heteroatoms.